The Balaban J connectivity index is 1.32. The SMILES string of the molecule is COc1ccccc1C1c2sc(=O)[nH]c2SC2C3CC(C4C(=O)N(c5cccc(C(F)(F)F)c5)C(=O)C34)C12. The van der Waals surface area contributed by atoms with Gasteiger partial charge in [-0.1, -0.05) is 35.6 Å². The van der Waals surface area contributed by atoms with Gasteiger partial charge in [0.05, 0.1) is 35.2 Å². The summed E-state index contributed by atoms with van der Waals surface area (Å²) in [6.07, 6.45) is -3.89. The zero-order chi connectivity index (χ0) is 26.5. The molecule has 2 saturated carbocycles. The minimum atomic E-state index is -4.58. The highest BCUT2D eigenvalue weighted by atomic mass is 32.2. The van der Waals surface area contributed by atoms with Gasteiger partial charge < -0.3 is 9.72 Å². The van der Waals surface area contributed by atoms with Gasteiger partial charge in [0.25, 0.3) is 0 Å². The number of fused-ring (bicyclic) bond motifs is 9. The first kappa shape index (κ1) is 24.0. The number of benzene rings is 2. The number of imide groups is 1. The van der Waals surface area contributed by atoms with E-state index in [0.717, 1.165) is 43.8 Å². The third-order valence-electron chi connectivity index (χ3n) is 8.63. The Kier molecular flexibility index (Phi) is 5.20. The number of thiazole rings is 1. The lowest BCUT2D eigenvalue weighted by atomic mass is 9.68. The molecule has 4 aliphatic rings. The highest BCUT2D eigenvalue weighted by molar-refractivity contribution is 8.00. The van der Waals surface area contributed by atoms with Crippen LogP contribution in [-0.4, -0.2) is 29.2 Å². The minimum Gasteiger partial charge on any atom is -0.496 e. The van der Waals surface area contributed by atoms with Crippen molar-refractivity contribution in [1.29, 1.82) is 0 Å². The van der Waals surface area contributed by atoms with Crippen LogP contribution in [0.4, 0.5) is 18.9 Å². The number of ether oxygens (including phenoxy) is 1. The average Bonchev–Trinajstić information content (AvgIpc) is 3.62. The van der Waals surface area contributed by atoms with Crippen LogP contribution in [0.2, 0.25) is 0 Å². The van der Waals surface area contributed by atoms with Gasteiger partial charge in [-0.2, -0.15) is 13.2 Å². The van der Waals surface area contributed by atoms with Gasteiger partial charge in [0.15, 0.2) is 0 Å². The van der Waals surface area contributed by atoms with Gasteiger partial charge in [-0.3, -0.25) is 19.3 Å². The summed E-state index contributed by atoms with van der Waals surface area (Å²) in [7, 11) is 1.59. The molecule has 2 aliphatic carbocycles. The van der Waals surface area contributed by atoms with Gasteiger partial charge in [0.1, 0.15) is 5.75 Å². The lowest BCUT2D eigenvalue weighted by Gasteiger charge is -2.43. The molecule has 0 spiro atoms. The molecule has 38 heavy (non-hydrogen) atoms. The average molecular weight is 559 g/mol. The molecule has 11 heteroatoms. The Bertz CT molecular complexity index is 1550. The van der Waals surface area contributed by atoms with Crippen molar-refractivity contribution in [3.05, 3.63) is 74.2 Å². The largest absolute Gasteiger partial charge is 0.496 e. The summed E-state index contributed by atoms with van der Waals surface area (Å²) >= 11 is 2.72. The molecular weight excluding hydrogens is 537 g/mol. The molecule has 7 unspecified atom stereocenters. The van der Waals surface area contributed by atoms with Crippen molar-refractivity contribution >= 4 is 40.6 Å². The predicted molar refractivity (Wildman–Crippen MR) is 135 cm³/mol. The summed E-state index contributed by atoms with van der Waals surface area (Å²) in [5.41, 5.74) is -0.00846. The molecule has 1 saturated heterocycles. The van der Waals surface area contributed by atoms with Crippen LogP contribution in [0.5, 0.6) is 5.75 Å². The predicted octanol–water partition coefficient (Wildman–Crippen LogP) is 5.14. The summed E-state index contributed by atoms with van der Waals surface area (Å²) in [6, 6.07) is 12.1. The van der Waals surface area contributed by atoms with Crippen molar-refractivity contribution in [2.75, 3.05) is 12.0 Å². The van der Waals surface area contributed by atoms with E-state index < -0.39 is 35.4 Å². The van der Waals surface area contributed by atoms with Crippen LogP contribution in [0, 0.1) is 29.6 Å². The molecule has 2 amide bonds. The maximum atomic E-state index is 13.8. The van der Waals surface area contributed by atoms with Gasteiger partial charge in [-0.05, 0) is 48.4 Å². The number of carbonyl (C=O) groups excluding carboxylic acids is 2. The molecule has 2 bridgehead atoms. The molecule has 3 heterocycles. The van der Waals surface area contributed by atoms with Crippen molar-refractivity contribution in [2.45, 2.75) is 28.8 Å². The molecule has 1 N–H and O–H groups in total. The second-order valence-corrected chi connectivity index (χ2v) is 12.5. The molecule has 196 valence electrons. The maximum absolute atomic E-state index is 13.8. The van der Waals surface area contributed by atoms with E-state index in [0.29, 0.717) is 12.2 Å². The molecular formula is C27H21F3N2O4S2. The number of aromatic nitrogens is 1. The third kappa shape index (κ3) is 3.24. The highest BCUT2D eigenvalue weighted by Crippen LogP contribution is 2.69. The van der Waals surface area contributed by atoms with Crippen LogP contribution in [0.25, 0.3) is 0 Å². The van der Waals surface area contributed by atoms with Crippen molar-refractivity contribution < 1.29 is 27.5 Å². The number of alkyl halides is 3. The van der Waals surface area contributed by atoms with E-state index in [-0.39, 0.29) is 39.5 Å². The second-order valence-electron chi connectivity index (χ2n) is 10.3. The number of carbonyl (C=O) groups is 2. The molecule has 7 atom stereocenters. The van der Waals surface area contributed by atoms with Gasteiger partial charge in [-0.15, -0.1) is 11.8 Å². The first-order valence-electron chi connectivity index (χ1n) is 12.3. The fourth-order valence-electron chi connectivity index (χ4n) is 7.36. The normalized spacial score (nSPS) is 31.4. The van der Waals surface area contributed by atoms with E-state index in [9.17, 15) is 27.6 Å². The lowest BCUT2D eigenvalue weighted by molar-refractivity contribution is -0.137. The standard InChI is InChI=1S/C27H21F3N2O4S2/c1-36-16-8-3-2-7-13(16)17-18-14-10-15(21(18)37-23-22(17)38-26(35)31-23)20-19(14)24(33)32(25(20)34)12-6-4-5-11(9-12)27(28,29)30/h2-9,14-15,17-21H,10H2,1H3,(H,31,35). The molecule has 1 aromatic heterocycles. The van der Waals surface area contributed by atoms with E-state index in [1.54, 1.807) is 18.9 Å². The van der Waals surface area contributed by atoms with Crippen molar-refractivity contribution in [2.24, 2.45) is 29.6 Å². The number of hydrogen-bond acceptors (Lipinski definition) is 6. The number of thioether (sulfide) groups is 1. The molecule has 7 rings (SSSR count). The van der Waals surface area contributed by atoms with Crippen molar-refractivity contribution in [3.63, 3.8) is 0 Å². The first-order chi connectivity index (χ1) is 18.2. The first-order valence-corrected chi connectivity index (χ1v) is 14.0. The number of para-hydroxylation sites is 1. The third-order valence-corrected chi connectivity index (χ3v) is 11.2. The molecule has 2 aliphatic heterocycles. The van der Waals surface area contributed by atoms with E-state index in [4.69, 9.17) is 4.74 Å². The monoisotopic (exact) mass is 558 g/mol. The van der Waals surface area contributed by atoms with Crippen LogP contribution in [0.3, 0.4) is 0 Å². The van der Waals surface area contributed by atoms with E-state index in [2.05, 4.69) is 4.98 Å². The minimum absolute atomic E-state index is 0.0212. The number of rotatable bonds is 3. The fraction of sp³-hybridized carbons (Fsp3) is 0.370. The molecule has 2 aromatic carbocycles. The second kappa shape index (κ2) is 8.22. The zero-order valence-corrected chi connectivity index (χ0v) is 21.5. The molecule has 6 nitrogen and oxygen atoms in total. The Labute approximate surface area is 223 Å². The number of nitrogens with zero attached hydrogens (tertiary/aromatic N) is 1. The number of H-pyrrole nitrogens is 1. The molecule has 3 aromatic rings. The Morgan fingerprint density at radius 1 is 1.00 bits per heavy atom. The number of methoxy groups -OCH3 is 1. The Morgan fingerprint density at radius 2 is 1.74 bits per heavy atom. The number of amides is 2. The number of anilines is 1. The highest BCUT2D eigenvalue weighted by Gasteiger charge is 2.69. The van der Waals surface area contributed by atoms with Gasteiger partial charge >= 0.3 is 11.0 Å². The van der Waals surface area contributed by atoms with E-state index in [1.165, 1.54) is 12.1 Å². The van der Waals surface area contributed by atoms with Crippen LogP contribution in [-0.2, 0) is 15.8 Å². The molecule has 3 fully saturated rings. The number of halogens is 3. The number of hydrogen-bond donors (Lipinski definition) is 1. The Morgan fingerprint density at radius 3 is 2.47 bits per heavy atom. The van der Waals surface area contributed by atoms with Crippen LogP contribution in [0.1, 0.15) is 28.3 Å². The van der Waals surface area contributed by atoms with Crippen LogP contribution in [0.15, 0.2) is 58.4 Å². The summed E-state index contributed by atoms with van der Waals surface area (Å²) in [5.74, 6) is -1.84. The smallest absolute Gasteiger partial charge is 0.416 e. The van der Waals surface area contributed by atoms with Crippen molar-refractivity contribution in [3.8, 4) is 5.75 Å². The van der Waals surface area contributed by atoms with E-state index in [1.807, 2.05) is 24.3 Å². The van der Waals surface area contributed by atoms with Gasteiger partial charge in [0, 0.05) is 21.6 Å². The number of aromatic amines is 1. The Hall–Kier alpha value is -3.05. The van der Waals surface area contributed by atoms with Crippen LogP contribution < -0.4 is 14.5 Å². The fourth-order valence-corrected chi connectivity index (χ4v) is 10.2. The zero-order valence-electron chi connectivity index (χ0n) is 19.9. The lowest BCUT2D eigenvalue weighted by Crippen LogP contribution is -2.42. The molecule has 0 radical (unpaired) electrons. The van der Waals surface area contributed by atoms with Crippen molar-refractivity contribution in [1.82, 2.24) is 4.98 Å². The summed E-state index contributed by atoms with van der Waals surface area (Å²) in [4.78, 5) is 44.5. The summed E-state index contributed by atoms with van der Waals surface area (Å²) in [6.45, 7) is 0. The van der Waals surface area contributed by atoms with E-state index >= 15 is 0 Å². The quantitative estimate of drug-likeness (QED) is 0.451. The summed E-state index contributed by atoms with van der Waals surface area (Å²) < 4.78 is 45.8. The maximum Gasteiger partial charge on any atom is 0.416 e. The number of nitrogens with one attached hydrogen (secondary N) is 1. The van der Waals surface area contributed by atoms with Gasteiger partial charge in [0.2, 0.25) is 11.8 Å². The summed E-state index contributed by atoms with van der Waals surface area (Å²) in [5, 5.41) is 0.764. The van der Waals surface area contributed by atoms with Gasteiger partial charge in [-0.25, -0.2) is 0 Å². The van der Waals surface area contributed by atoms with Crippen LogP contribution >= 0.6 is 23.1 Å². The topological polar surface area (TPSA) is 79.5 Å².